The van der Waals surface area contributed by atoms with E-state index in [1.165, 1.54) is 27.3 Å². The highest BCUT2D eigenvalue weighted by atomic mass is 16.5. The van der Waals surface area contributed by atoms with E-state index in [4.69, 9.17) is 25.9 Å². The van der Waals surface area contributed by atoms with Crippen molar-refractivity contribution in [1.82, 2.24) is 33.9 Å². The van der Waals surface area contributed by atoms with Gasteiger partial charge in [0, 0.05) is 62.2 Å². The number of carbonyl (C=O) groups is 4. The molecule has 4 heterocycles. The molecule has 10 N–H and O–H groups in total. The number of rotatable bonds is 18. The Balaban J connectivity index is 0.000000694. The van der Waals surface area contributed by atoms with Gasteiger partial charge in [0.25, 0.3) is 5.91 Å². The highest BCUT2D eigenvalue weighted by molar-refractivity contribution is 6.47. The zero-order chi connectivity index (χ0) is 48.1. The zero-order valence-electron chi connectivity index (χ0n) is 38.2. The summed E-state index contributed by atoms with van der Waals surface area (Å²) in [6.45, 7) is 9.40. The highest BCUT2D eigenvalue weighted by Gasteiger charge is 2.20. The Hall–Kier alpha value is -7.71. The Morgan fingerprint density at radius 1 is 0.862 bits per heavy atom. The number of anilines is 3. The molecule has 0 aliphatic heterocycles. The molecule has 0 radical (unpaired) electrons. The monoisotopic (exact) mass is 892 g/mol. The van der Waals surface area contributed by atoms with Crippen LogP contribution in [0.25, 0.3) is 22.1 Å². The van der Waals surface area contributed by atoms with Crippen LogP contribution in [0.3, 0.4) is 0 Å². The van der Waals surface area contributed by atoms with Gasteiger partial charge in [-0.3, -0.25) is 39.2 Å². The molecule has 1 amide bonds. The van der Waals surface area contributed by atoms with Crippen LogP contribution in [-0.4, -0.2) is 106 Å². The molecule has 4 aromatic heterocycles. The Morgan fingerprint density at radius 2 is 1.46 bits per heavy atom. The summed E-state index contributed by atoms with van der Waals surface area (Å²) in [4.78, 5) is 65.1. The first kappa shape index (κ1) is 51.6. The second-order valence-corrected chi connectivity index (χ2v) is 13.6. The summed E-state index contributed by atoms with van der Waals surface area (Å²) in [5, 5.41) is 10.1. The topological polar surface area (TPSA) is 294 Å². The van der Waals surface area contributed by atoms with Gasteiger partial charge in [-0.2, -0.15) is 5.10 Å². The number of ether oxygens (including phenoxy) is 2. The van der Waals surface area contributed by atoms with Crippen molar-refractivity contribution in [2.24, 2.45) is 22.2 Å². The molecule has 20 nitrogen and oxygen atoms in total. The van der Waals surface area contributed by atoms with E-state index in [2.05, 4.69) is 42.2 Å². The van der Waals surface area contributed by atoms with Crippen LogP contribution in [0.1, 0.15) is 63.4 Å². The number of hydrogen-bond acceptors (Lipinski definition) is 16. The average molecular weight is 893 g/mol. The number of allylic oxidation sites excluding steroid dienone is 3. The predicted molar refractivity (Wildman–Crippen MR) is 256 cm³/mol. The third-order valence-electron chi connectivity index (χ3n) is 9.08. The van der Waals surface area contributed by atoms with Gasteiger partial charge in [0.15, 0.2) is 6.29 Å². The number of nitrogen functional groups attached to an aromatic ring is 1. The van der Waals surface area contributed by atoms with Crippen LogP contribution in [0.5, 0.6) is 11.5 Å². The molecule has 65 heavy (non-hydrogen) atoms. The number of nitrogens with two attached hydrogens (primary N) is 4. The summed E-state index contributed by atoms with van der Waals surface area (Å²) < 4.78 is 17.2. The van der Waals surface area contributed by atoms with Crippen LogP contribution in [-0.2, 0) is 30.8 Å². The SMILES string of the molecule is CCN=C(/C=C(/C)N)C(=O)Nc1nc2cc(C=O)cc(OC)c2n1C/C=C/Cn1c(NC)nc2cc(C=O)cc(OCCc3ccc(N)cn3)c21.CCn1nc(C)cc1C=O.CN.CN. The minimum atomic E-state index is -0.491. The molecule has 0 saturated carbocycles. The Labute approximate surface area is 377 Å². The Morgan fingerprint density at radius 3 is 1.97 bits per heavy atom. The lowest BCUT2D eigenvalue weighted by Crippen LogP contribution is -2.24. The number of aryl methyl sites for hydroxylation is 2. The van der Waals surface area contributed by atoms with Crippen molar-refractivity contribution < 1.29 is 28.7 Å². The number of aldehydes is 3. The molecule has 346 valence electrons. The minimum absolute atomic E-state index is 0.152. The number of nitrogens with zero attached hydrogens (tertiary/aromatic N) is 8. The lowest BCUT2D eigenvalue weighted by Gasteiger charge is -2.12. The van der Waals surface area contributed by atoms with E-state index in [-0.39, 0.29) is 18.2 Å². The van der Waals surface area contributed by atoms with Gasteiger partial charge in [0.05, 0.1) is 42.3 Å². The molecule has 0 bridgehead atoms. The lowest BCUT2D eigenvalue weighted by molar-refractivity contribution is -0.110. The number of fused-ring (bicyclic) bond motifs is 2. The van der Waals surface area contributed by atoms with Crippen LogP contribution in [0.15, 0.2) is 77.6 Å². The number of pyridine rings is 1. The van der Waals surface area contributed by atoms with E-state index in [0.29, 0.717) is 100 Å². The number of aliphatic imine (C=N–C) groups is 1. The third kappa shape index (κ3) is 13.6. The van der Waals surface area contributed by atoms with Crippen molar-refractivity contribution in [3.05, 3.63) is 101 Å². The predicted octanol–water partition coefficient (Wildman–Crippen LogP) is 4.35. The average Bonchev–Trinajstić information content (AvgIpc) is 4.00. The number of amides is 1. The fraction of sp³-hybridized carbons (Fsp3) is 0.311. The van der Waals surface area contributed by atoms with Crippen molar-refractivity contribution in [1.29, 1.82) is 0 Å². The van der Waals surface area contributed by atoms with Crippen LogP contribution in [0.2, 0.25) is 0 Å². The number of methoxy groups -OCH3 is 1. The van der Waals surface area contributed by atoms with E-state index in [1.54, 1.807) is 65.8 Å². The molecule has 0 spiro atoms. The molecule has 0 aliphatic rings. The summed E-state index contributed by atoms with van der Waals surface area (Å²) in [5.41, 5.74) is 27.3. The fourth-order valence-electron chi connectivity index (χ4n) is 6.40. The maximum atomic E-state index is 13.3. The van der Waals surface area contributed by atoms with Gasteiger partial charge in [-0.15, -0.1) is 0 Å². The van der Waals surface area contributed by atoms with Crippen molar-refractivity contribution in [3.8, 4) is 11.5 Å². The van der Waals surface area contributed by atoms with E-state index < -0.39 is 5.91 Å². The summed E-state index contributed by atoms with van der Waals surface area (Å²) in [5.74, 6) is 1.22. The standard InChI is InChI=1S/C36H40N10O5.C7H10N2O.2CH5N/c1-5-40-29(14-22(2)37)34(49)44-36-43-27-15-23(20-47)17-30(50-4)32(27)46(36)12-7-6-11-45-33-28(42-35(45)39-3)16-24(21-48)18-31(33)51-13-10-26-9-8-25(38)19-41-26;1-3-9-7(5-10)4-6(2)8-9;2*1-2/h6-9,14-21H,5,10-13,37-38H2,1-4H3,(H,39,42)(H,43,44,49);4-5H,3H2,1-2H3;2*2H2,1H3/b7-6+,22-14-,40-29?;;;. The maximum absolute atomic E-state index is 13.3. The second-order valence-electron chi connectivity index (χ2n) is 13.6. The van der Waals surface area contributed by atoms with Gasteiger partial charge >= 0.3 is 0 Å². The van der Waals surface area contributed by atoms with Crippen molar-refractivity contribution in [3.63, 3.8) is 0 Å². The molecule has 6 rings (SSSR count). The largest absolute Gasteiger partial charge is 0.494 e. The molecule has 20 heteroatoms. The van der Waals surface area contributed by atoms with Crippen molar-refractivity contribution >= 4 is 70.1 Å². The van der Waals surface area contributed by atoms with Gasteiger partial charge in [0.1, 0.15) is 46.5 Å². The minimum Gasteiger partial charge on any atom is -0.494 e. The number of benzene rings is 2. The van der Waals surface area contributed by atoms with Gasteiger partial charge < -0.3 is 46.9 Å². The number of aromatic nitrogens is 7. The summed E-state index contributed by atoms with van der Waals surface area (Å²) in [7, 11) is 6.26. The Kier molecular flexibility index (Phi) is 20.7. The lowest BCUT2D eigenvalue weighted by atomic mass is 10.2. The van der Waals surface area contributed by atoms with Gasteiger partial charge in [-0.1, -0.05) is 12.2 Å². The second kappa shape index (κ2) is 26.0. The van der Waals surface area contributed by atoms with Crippen molar-refractivity contribution in [2.45, 2.75) is 53.8 Å². The quantitative estimate of drug-likeness (QED) is 0.0397. The molecular weight excluding hydrogens is 833 g/mol. The molecule has 2 aromatic carbocycles. The fourth-order valence-corrected chi connectivity index (χ4v) is 6.40. The van der Waals surface area contributed by atoms with Crippen LogP contribution in [0, 0.1) is 6.92 Å². The van der Waals surface area contributed by atoms with Gasteiger partial charge in [0.2, 0.25) is 11.9 Å². The molecular formula is C45H60N14O6. The molecule has 0 atom stereocenters. The van der Waals surface area contributed by atoms with Crippen LogP contribution in [0.4, 0.5) is 17.6 Å². The molecule has 0 unspecified atom stereocenters. The first-order valence-corrected chi connectivity index (χ1v) is 20.6. The van der Waals surface area contributed by atoms with Crippen molar-refractivity contribution in [2.75, 3.05) is 57.8 Å². The first-order chi connectivity index (χ1) is 31.5. The normalized spacial score (nSPS) is 11.2. The molecule has 0 fully saturated rings. The Bertz CT molecular complexity index is 2620. The summed E-state index contributed by atoms with van der Waals surface area (Å²) in [6.07, 6.45) is 9.76. The van der Waals surface area contributed by atoms with Gasteiger partial charge in [-0.05, 0) is 90.3 Å². The van der Waals surface area contributed by atoms with Crippen LogP contribution < -0.4 is 43.0 Å². The zero-order valence-corrected chi connectivity index (χ0v) is 38.2. The number of nitrogens with one attached hydrogen (secondary N) is 2. The van der Waals surface area contributed by atoms with E-state index >= 15 is 0 Å². The third-order valence-corrected chi connectivity index (χ3v) is 9.08. The molecule has 6 aromatic rings. The summed E-state index contributed by atoms with van der Waals surface area (Å²) in [6, 6.07) is 12.0. The first-order valence-electron chi connectivity index (χ1n) is 20.6. The number of imidazole rings is 2. The van der Waals surface area contributed by atoms with E-state index in [0.717, 1.165) is 30.5 Å². The molecule has 0 aliphatic carbocycles. The van der Waals surface area contributed by atoms with Crippen LogP contribution >= 0.6 is 0 Å². The molecule has 0 saturated heterocycles. The maximum Gasteiger partial charge on any atom is 0.276 e. The summed E-state index contributed by atoms with van der Waals surface area (Å²) >= 11 is 0. The van der Waals surface area contributed by atoms with Gasteiger partial charge in [-0.25, -0.2) is 9.97 Å². The number of carbonyl (C=O) groups excluding carboxylic acids is 4. The highest BCUT2D eigenvalue weighted by Crippen LogP contribution is 2.32. The van der Waals surface area contributed by atoms with E-state index in [1.807, 2.05) is 43.6 Å². The van der Waals surface area contributed by atoms with E-state index in [9.17, 15) is 19.2 Å². The smallest absolute Gasteiger partial charge is 0.276 e. The number of hydrogen-bond donors (Lipinski definition) is 6.